The maximum atomic E-state index is 12.3. The van der Waals surface area contributed by atoms with E-state index in [0.29, 0.717) is 24.6 Å². The lowest BCUT2D eigenvalue weighted by Crippen LogP contribution is -2.25. The normalized spacial score (nSPS) is 11.1. The summed E-state index contributed by atoms with van der Waals surface area (Å²) < 4.78 is 1.98. The summed E-state index contributed by atoms with van der Waals surface area (Å²) >= 11 is 0. The maximum absolute atomic E-state index is 12.3. The Morgan fingerprint density at radius 2 is 1.76 bits per heavy atom. The van der Waals surface area contributed by atoms with Crippen LogP contribution >= 0.6 is 0 Å². The fourth-order valence-corrected chi connectivity index (χ4v) is 3.94. The standard InChI is InChI=1S/C26H24N6O/c1-2-14-27-25(33)16-19-17-32(22-10-6-5-8-20(19)22)24-12-11-23(30-31-24)29-26-21-9-4-3-7-18(21)13-15-28-26/h3-13,15,17H,2,14,16H2,1H3,(H,27,33)(H,28,29,30). The van der Waals surface area contributed by atoms with E-state index in [9.17, 15) is 4.79 Å². The molecule has 5 aromatic rings. The molecule has 7 nitrogen and oxygen atoms in total. The largest absolute Gasteiger partial charge is 0.356 e. The molecular weight excluding hydrogens is 412 g/mol. The Bertz CT molecular complexity index is 1420. The van der Waals surface area contributed by atoms with Crippen LogP contribution in [0.15, 0.2) is 79.1 Å². The van der Waals surface area contributed by atoms with Crippen LogP contribution < -0.4 is 10.6 Å². The lowest BCUT2D eigenvalue weighted by Gasteiger charge is -2.08. The van der Waals surface area contributed by atoms with E-state index < -0.39 is 0 Å². The van der Waals surface area contributed by atoms with Gasteiger partial charge < -0.3 is 10.6 Å². The number of nitrogens with zero attached hydrogens (tertiary/aromatic N) is 4. The average molecular weight is 437 g/mol. The predicted molar refractivity (Wildman–Crippen MR) is 131 cm³/mol. The third-order valence-corrected chi connectivity index (χ3v) is 5.54. The van der Waals surface area contributed by atoms with Gasteiger partial charge in [0.25, 0.3) is 0 Å². The molecule has 0 saturated heterocycles. The first-order chi connectivity index (χ1) is 16.2. The molecule has 2 N–H and O–H groups in total. The monoisotopic (exact) mass is 436 g/mol. The van der Waals surface area contributed by atoms with Crippen LogP contribution in [0.25, 0.3) is 27.5 Å². The lowest BCUT2D eigenvalue weighted by molar-refractivity contribution is -0.120. The van der Waals surface area contributed by atoms with Crippen LogP contribution in [0.2, 0.25) is 0 Å². The first kappa shape index (κ1) is 20.6. The van der Waals surface area contributed by atoms with Crippen molar-refractivity contribution in [3.05, 3.63) is 84.7 Å². The molecule has 0 fully saturated rings. The summed E-state index contributed by atoms with van der Waals surface area (Å²) in [4.78, 5) is 16.8. The number of carbonyl (C=O) groups excluding carboxylic acids is 1. The van der Waals surface area contributed by atoms with Gasteiger partial charge in [-0.05, 0) is 41.6 Å². The van der Waals surface area contributed by atoms with Gasteiger partial charge >= 0.3 is 0 Å². The molecule has 0 aliphatic heterocycles. The Balaban J connectivity index is 1.43. The fourth-order valence-electron chi connectivity index (χ4n) is 3.94. The summed E-state index contributed by atoms with van der Waals surface area (Å²) in [6.07, 6.45) is 4.99. The van der Waals surface area contributed by atoms with Gasteiger partial charge in [0.1, 0.15) is 5.82 Å². The summed E-state index contributed by atoms with van der Waals surface area (Å²) in [5.74, 6) is 2.05. The van der Waals surface area contributed by atoms with Gasteiger partial charge in [0.05, 0.1) is 11.9 Å². The molecule has 0 spiro atoms. The van der Waals surface area contributed by atoms with Gasteiger partial charge in [-0.2, -0.15) is 0 Å². The van der Waals surface area contributed by atoms with Gasteiger partial charge in [-0.1, -0.05) is 49.4 Å². The van der Waals surface area contributed by atoms with Crippen LogP contribution in [0.5, 0.6) is 0 Å². The fraction of sp³-hybridized carbons (Fsp3) is 0.154. The summed E-state index contributed by atoms with van der Waals surface area (Å²) in [7, 11) is 0. The molecule has 164 valence electrons. The highest BCUT2D eigenvalue weighted by molar-refractivity contribution is 5.93. The quantitative estimate of drug-likeness (QED) is 0.384. The Kier molecular flexibility index (Phi) is 5.68. The van der Waals surface area contributed by atoms with Gasteiger partial charge in [0.15, 0.2) is 11.6 Å². The van der Waals surface area contributed by atoms with E-state index in [4.69, 9.17) is 0 Å². The number of hydrogen-bond acceptors (Lipinski definition) is 5. The zero-order chi connectivity index (χ0) is 22.6. The van der Waals surface area contributed by atoms with Gasteiger partial charge in [-0.15, -0.1) is 10.2 Å². The van der Waals surface area contributed by atoms with E-state index in [1.54, 1.807) is 6.20 Å². The molecule has 5 rings (SSSR count). The highest BCUT2D eigenvalue weighted by atomic mass is 16.1. The Morgan fingerprint density at radius 1 is 0.939 bits per heavy atom. The summed E-state index contributed by atoms with van der Waals surface area (Å²) in [5.41, 5.74) is 1.95. The number of carbonyl (C=O) groups is 1. The topological polar surface area (TPSA) is 84.7 Å². The Morgan fingerprint density at radius 3 is 2.58 bits per heavy atom. The highest BCUT2D eigenvalue weighted by Gasteiger charge is 2.14. The number of aromatic nitrogens is 4. The van der Waals surface area contributed by atoms with E-state index in [2.05, 4.69) is 25.8 Å². The van der Waals surface area contributed by atoms with Gasteiger partial charge in [-0.3, -0.25) is 9.36 Å². The van der Waals surface area contributed by atoms with Crippen molar-refractivity contribution < 1.29 is 4.79 Å². The smallest absolute Gasteiger partial charge is 0.224 e. The number of anilines is 2. The number of hydrogen-bond donors (Lipinski definition) is 2. The van der Waals surface area contributed by atoms with Crippen molar-refractivity contribution in [1.82, 2.24) is 25.1 Å². The Labute approximate surface area is 191 Å². The second-order valence-corrected chi connectivity index (χ2v) is 7.85. The summed E-state index contributed by atoms with van der Waals surface area (Å²) in [6, 6.07) is 21.9. The minimum atomic E-state index is 0.0213. The molecule has 3 heterocycles. The molecule has 0 unspecified atom stereocenters. The van der Waals surface area contributed by atoms with Crippen molar-refractivity contribution in [2.75, 3.05) is 11.9 Å². The van der Waals surface area contributed by atoms with Crippen LogP contribution in [0.4, 0.5) is 11.6 Å². The number of pyridine rings is 1. The number of benzene rings is 2. The zero-order valence-corrected chi connectivity index (χ0v) is 18.3. The molecule has 0 saturated carbocycles. The lowest BCUT2D eigenvalue weighted by atomic mass is 10.1. The second kappa shape index (κ2) is 9.08. The third-order valence-electron chi connectivity index (χ3n) is 5.54. The first-order valence-electron chi connectivity index (χ1n) is 11.0. The van der Waals surface area contributed by atoms with Gasteiger partial charge in [0, 0.05) is 29.7 Å². The van der Waals surface area contributed by atoms with Crippen LogP contribution in [0.1, 0.15) is 18.9 Å². The van der Waals surface area contributed by atoms with Crippen LogP contribution in [-0.4, -0.2) is 32.2 Å². The third kappa shape index (κ3) is 4.25. The molecule has 7 heteroatoms. The molecule has 0 aliphatic rings. The summed E-state index contributed by atoms with van der Waals surface area (Å²) in [6.45, 7) is 2.72. The minimum absolute atomic E-state index is 0.0213. The number of para-hydroxylation sites is 1. The first-order valence-corrected chi connectivity index (χ1v) is 11.0. The highest BCUT2D eigenvalue weighted by Crippen LogP contribution is 2.26. The van der Waals surface area contributed by atoms with E-state index in [-0.39, 0.29) is 5.91 Å². The van der Waals surface area contributed by atoms with E-state index in [1.165, 1.54) is 0 Å². The molecule has 33 heavy (non-hydrogen) atoms. The van der Waals surface area contributed by atoms with Crippen molar-refractivity contribution >= 4 is 39.2 Å². The van der Waals surface area contributed by atoms with Gasteiger partial charge in [-0.25, -0.2) is 4.98 Å². The van der Waals surface area contributed by atoms with Gasteiger partial charge in [0.2, 0.25) is 5.91 Å². The van der Waals surface area contributed by atoms with Crippen LogP contribution in [-0.2, 0) is 11.2 Å². The molecule has 0 radical (unpaired) electrons. The van der Waals surface area contributed by atoms with E-state index in [1.807, 2.05) is 84.4 Å². The number of nitrogens with one attached hydrogen (secondary N) is 2. The second-order valence-electron chi connectivity index (χ2n) is 7.85. The number of fused-ring (bicyclic) bond motifs is 2. The molecule has 3 aromatic heterocycles. The van der Waals surface area contributed by atoms with Crippen LogP contribution in [0, 0.1) is 0 Å². The molecule has 1 amide bonds. The Hall–Kier alpha value is -4.26. The van der Waals surface area contributed by atoms with Crippen molar-refractivity contribution in [2.24, 2.45) is 0 Å². The molecule has 0 aliphatic carbocycles. The molecular formula is C26H24N6O. The van der Waals surface area contributed by atoms with Crippen LogP contribution in [0.3, 0.4) is 0 Å². The molecule has 0 bridgehead atoms. The van der Waals surface area contributed by atoms with Crippen molar-refractivity contribution in [3.63, 3.8) is 0 Å². The number of amides is 1. The molecule has 0 atom stereocenters. The summed E-state index contributed by atoms with van der Waals surface area (Å²) in [5, 5.41) is 18.2. The van der Waals surface area contributed by atoms with Crippen molar-refractivity contribution in [2.45, 2.75) is 19.8 Å². The van der Waals surface area contributed by atoms with Crippen molar-refractivity contribution in [3.8, 4) is 5.82 Å². The van der Waals surface area contributed by atoms with Crippen molar-refractivity contribution in [1.29, 1.82) is 0 Å². The zero-order valence-electron chi connectivity index (χ0n) is 18.3. The maximum Gasteiger partial charge on any atom is 0.224 e. The van der Waals surface area contributed by atoms with E-state index in [0.717, 1.165) is 39.5 Å². The van der Waals surface area contributed by atoms with E-state index >= 15 is 0 Å². The minimum Gasteiger partial charge on any atom is -0.356 e. The average Bonchev–Trinajstić information content (AvgIpc) is 3.22. The molecule has 2 aromatic carbocycles. The number of rotatable bonds is 7. The SMILES string of the molecule is CCCNC(=O)Cc1cn(-c2ccc(Nc3nccc4ccccc34)nn2)c2ccccc12. The predicted octanol–water partition coefficient (Wildman–Crippen LogP) is 4.78.